The van der Waals surface area contributed by atoms with E-state index in [0.717, 1.165) is 31.6 Å². The van der Waals surface area contributed by atoms with Crippen LogP contribution in [0.15, 0.2) is 53.3 Å². The van der Waals surface area contributed by atoms with Gasteiger partial charge in [0.05, 0.1) is 5.69 Å². The first kappa shape index (κ1) is 18.8. The molecular formula is C20H21BrN6O. The minimum absolute atomic E-state index is 0.284. The van der Waals surface area contributed by atoms with Gasteiger partial charge in [-0.2, -0.15) is 9.78 Å². The molecule has 0 aromatic carbocycles. The maximum absolute atomic E-state index is 12.7. The van der Waals surface area contributed by atoms with Crippen LogP contribution in [0.4, 0.5) is 5.82 Å². The summed E-state index contributed by atoms with van der Waals surface area (Å²) in [6.07, 6.45) is 3.82. The van der Waals surface area contributed by atoms with Gasteiger partial charge in [-0.25, -0.2) is 9.97 Å². The van der Waals surface area contributed by atoms with Crippen LogP contribution in [0.1, 0.15) is 34.9 Å². The van der Waals surface area contributed by atoms with Crippen molar-refractivity contribution in [2.45, 2.75) is 18.8 Å². The van der Waals surface area contributed by atoms with Crippen molar-refractivity contribution in [3.63, 3.8) is 0 Å². The fraction of sp³-hybridized carbons (Fsp3) is 0.300. The lowest BCUT2D eigenvalue weighted by atomic mass is 9.94. The lowest BCUT2D eigenvalue weighted by Gasteiger charge is -2.27. The Balaban J connectivity index is 1.65. The Kier molecular flexibility index (Phi) is 5.50. The third-order valence-electron chi connectivity index (χ3n) is 4.92. The molecule has 4 rings (SSSR count). The average Bonchev–Trinajstić information content (AvgIpc) is 3.13. The molecule has 4 heterocycles. The van der Waals surface area contributed by atoms with E-state index in [2.05, 4.69) is 43.2 Å². The van der Waals surface area contributed by atoms with Crippen LogP contribution in [0.2, 0.25) is 0 Å². The summed E-state index contributed by atoms with van der Waals surface area (Å²) < 4.78 is 2.31. The summed E-state index contributed by atoms with van der Waals surface area (Å²) in [6, 6.07) is 12.8. The van der Waals surface area contributed by atoms with Crippen LogP contribution in [-0.4, -0.2) is 50.7 Å². The Hall–Kier alpha value is -2.58. The van der Waals surface area contributed by atoms with Crippen molar-refractivity contribution in [2.24, 2.45) is 0 Å². The first-order chi connectivity index (χ1) is 13.6. The molecule has 0 atom stereocenters. The van der Waals surface area contributed by atoms with Crippen LogP contribution < -0.4 is 5.32 Å². The molecule has 0 saturated carbocycles. The number of amides is 1. The molecule has 1 saturated heterocycles. The molecule has 1 N–H and O–H groups in total. The second kappa shape index (κ2) is 8.20. The summed E-state index contributed by atoms with van der Waals surface area (Å²) in [5.41, 5.74) is 1.32. The van der Waals surface area contributed by atoms with E-state index >= 15 is 0 Å². The number of nitrogens with zero attached hydrogens (tertiary/aromatic N) is 5. The third-order valence-corrected chi connectivity index (χ3v) is 5.36. The SMILES string of the molecule is CN1CCC(c2cc(NC(=O)c3cccc(Br)n3)n(-c3ccccn3)n2)CC1. The van der Waals surface area contributed by atoms with Gasteiger partial charge in [-0.1, -0.05) is 12.1 Å². The zero-order valence-corrected chi connectivity index (χ0v) is 17.1. The highest BCUT2D eigenvalue weighted by Crippen LogP contribution is 2.29. The van der Waals surface area contributed by atoms with Crippen molar-refractivity contribution in [1.82, 2.24) is 24.6 Å². The monoisotopic (exact) mass is 440 g/mol. The Bertz CT molecular complexity index is 966. The number of rotatable bonds is 4. The van der Waals surface area contributed by atoms with Crippen LogP contribution in [0.5, 0.6) is 0 Å². The smallest absolute Gasteiger partial charge is 0.275 e. The van der Waals surface area contributed by atoms with E-state index in [-0.39, 0.29) is 5.91 Å². The number of anilines is 1. The van der Waals surface area contributed by atoms with Crippen LogP contribution in [-0.2, 0) is 0 Å². The Morgan fingerprint density at radius 2 is 2.00 bits per heavy atom. The van der Waals surface area contributed by atoms with Crippen molar-refractivity contribution in [3.05, 3.63) is 64.7 Å². The lowest BCUT2D eigenvalue weighted by Crippen LogP contribution is -2.29. The summed E-state index contributed by atoms with van der Waals surface area (Å²) in [7, 11) is 2.14. The van der Waals surface area contributed by atoms with E-state index in [1.165, 1.54) is 0 Å². The molecule has 3 aromatic rings. The van der Waals surface area contributed by atoms with Crippen molar-refractivity contribution in [1.29, 1.82) is 0 Å². The molecule has 0 unspecified atom stereocenters. The molecule has 3 aromatic heterocycles. The highest BCUT2D eigenvalue weighted by molar-refractivity contribution is 9.10. The number of carbonyl (C=O) groups is 1. The quantitative estimate of drug-likeness (QED) is 0.628. The summed E-state index contributed by atoms with van der Waals surface area (Å²) in [5.74, 6) is 1.35. The van der Waals surface area contributed by atoms with Gasteiger partial charge in [0, 0.05) is 18.2 Å². The minimum Gasteiger partial charge on any atom is -0.306 e. The molecule has 7 nitrogen and oxygen atoms in total. The highest BCUT2D eigenvalue weighted by Gasteiger charge is 2.23. The van der Waals surface area contributed by atoms with Crippen molar-refractivity contribution in [2.75, 3.05) is 25.5 Å². The van der Waals surface area contributed by atoms with Crippen LogP contribution in [0.3, 0.4) is 0 Å². The van der Waals surface area contributed by atoms with Gasteiger partial charge in [0.25, 0.3) is 5.91 Å². The zero-order chi connectivity index (χ0) is 19.5. The first-order valence-electron chi connectivity index (χ1n) is 9.24. The molecule has 0 radical (unpaired) electrons. The predicted octanol–water partition coefficient (Wildman–Crippen LogP) is 3.49. The number of piperidine rings is 1. The van der Waals surface area contributed by atoms with E-state index in [0.29, 0.717) is 27.9 Å². The Morgan fingerprint density at radius 3 is 2.71 bits per heavy atom. The maximum atomic E-state index is 12.7. The highest BCUT2D eigenvalue weighted by atomic mass is 79.9. The molecule has 8 heteroatoms. The number of carbonyl (C=O) groups excluding carboxylic acids is 1. The van der Waals surface area contributed by atoms with E-state index < -0.39 is 0 Å². The molecule has 1 aliphatic rings. The number of aromatic nitrogens is 4. The zero-order valence-electron chi connectivity index (χ0n) is 15.5. The van der Waals surface area contributed by atoms with Crippen molar-refractivity contribution in [3.8, 4) is 5.82 Å². The van der Waals surface area contributed by atoms with Crippen molar-refractivity contribution >= 4 is 27.7 Å². The Labute approximate surface area is 171 Å². The molecule has 0 spiro atoms. The average molecular weight is 441 g/mol. The molecule has 1 aliphatic heterocycles. The maximum Gasteiger partial charge on any atom is 0.275 e. The van der Waals surface area contributed by atoms with Gasteiger partial charge in [0.2, 0.25) is 0 Å². The molecule has 1 fully saturated rings. The van der Waals surface area contributed by atoms with Crippen LogP contribution >= 0.6 is 15.9 Å². The fourth-order valence-corrected chi connectivity index (χ4v) is 3.70. The van der Waals surface area contributed by atoms with Gasteiger partial charge in [-0.3, -0.25) is 4.79 Å². The van der Waals surface area contributed by atoms with Gasteiger partial charge in [-0.05, 0) is 73.2 Å². The molecule has 1 amide bonds. The molecular weight excluding hydrogens is 420 g/mol. The van der Waals surface area contributed by atoms with E-state index in [1.54, 1.807) is 29.1 Å². The number of halogens is 1. The molecule has 0 bridgehead atoms. The van der Waals surface area contributed by atoms with E-state index in [4.69, 9.17) is 5.10 Å². The minimum atomic E-state index is -0.284. The standard InChI is InChI=1S/C20H21BrN6O/c1-26-11-8-14(9-12-26)16-13-19(27(25-16)18-7-2-3-10-22-18)24-20(28)15-5-4-6-17(21)23-15/h2-7,10,13-14H,8-9,11-12H2,1H3,(H,24,28). The Morgan fingerprint density at radius 1 is 1.18 bits per heavy atom. The number of hydrogen-bond donors (Lipinski definition) is 1. The first-order valence-corrected chi connectivity index (χ1v) is 10.0. The van der Waals surface area contributed by atoms with Crippen LogP contribution in [0, 0.1) is 0 Å². The van der Waals surface area contributed by atoms with Gasteiger partial charge in [0.15, 0.2) is 5.82 Å². The number of pyridine rings is 2. The summed E-state index contributed by atoms with van der Waals surface area (Å²) >= 11 is 3.31. The van der Waals surface area contributed by atoms with E-state index in [1.807, 2.05) is 24.3 Å². The third kappa shape index (κ3) is 4.13. The lowest BCUT2D eigenvalue weighted by molar-refractivity contribution is 0.102. The number of nitrogens with one attached hydrogen (secondary N) is 1. The van der Waals surface area contributed by atoms with E-state index in [9.17, 15) is 4.79 Å². The predicted molar refractivity (Wildman–Crippen MR) is 111 cm³/mol. The second-order valence-electron chi connectivity index (χ2n) is 6.93. The fourth-order valence-electron chi connectivity index (χ4n) is 3.36. The number of hydrogen-bond acceptors (Lipinski definition) is 5. The van der Waals surface area contributed by atoms with Gasteiger partial charge in [0.1, 0.15) is 16.1 Å². The molecule has 144 valence electrons. The molecule has 28 heavy (non-hydrogen) atoms. The summed E-state index contributed by atoms with van der Waals surface area (Å²) in [4.78, 5) is 23.7. The molecule has 0 aliphatic carbocycles. The van der Waals surface area contributed by atoms with Crippen LogP contribution in [0.25, 0.3) is 5.82 Å². The largest absolute Gasteiger partial charge is 0.306 e. The van der Waals surface area contributed by atoms with Gasteiger partial charge >= 0.3 is 0 Å². The topological polar surface area (TPSA) is 75.9 Å². The normalized spacial score (nSPS) is 15.5. The van der Waals surface area contributed by atoms with Crippen molar-refractivity contribution < 1.29 is 4.79 Å². The second-order valence-corrected chi connectivity index (χ2v) is 7.74. The van der Waals surface area contributed by atoms with Gasteiger partial charge < -0.3 is 10.2 Å². The summed E-state index contributed by atoms with van der Waals surface area (Å²) in [5, 5.41) is 7.73. The number of likely N-dealkylation sites (tertiary alicyclic amines) is 1. The summed E-state index contributed by atoms with van der Waals surface area (Å²) in [6.45, 7) is 2.09. The van der Waals surface area contributed by atoms with Gasteiger partial charge in [-0.15, -0.1) is 0 Å².